The SMILES string of the molecule is NC(=O)OCCN(CCO)CC(CCO)OC(N)=O. The lowest BCUT2D eigenvalue weighted by Gasteiger charge is -2.25. The summed E-state index contributed by atoms with van der Waals surface area (Å²) in [6, 6.07) is 0. The fourth-order valence-electron chi connectivity index (χ4n) is 1.49. The fourth-order valence-corrected chi connectivity index (χ4v) is 1.49. The van der Waals surface area contributed by atoms with Gasteiger partial charge in [0.15, 0.2) is 0 Å². The number of hydrogen-bond acceptors (Lipinski definition) is 7. The smallest absolute Gasteiger partial charge is 0.404 e. The number of aliphatic hydroxyl groups is 2. The third-order valence-electron chi connectivity index (χ3n) is 2.26. The van der Waals surface area contributed by atoms with E-state index in [9.17, 15) is 9.59 Å². The van der Waals surface area contributed by atoms with Gasteiger partial charge in [0.05, 0.1) is 6.61 Å². The van der Waals surface area contributed by atoms with Crippen LogP contribution in [0.3, 0.4) is 0 Å². The Morgan fingerprint density at radius 1 is 1.11 bits per heavy atom. The minimum atomic E-state index is -0.934. The first-order valence-electron chi connectivity index (χ1n) is 5.82. The number of amides is 2. The molecule has 0 bridgehead atoms. The quantitative estimate of drug-likeness (QED) is 0.369. The largest absolute Gasteiger partial charge is 0.448 e. The highest BCUT2D eigenvalue weighted by Crippen LogP contribution is 2.02. The maximum atomic E-state index is 10.7. The van der Waals surface area contributed by atoms with Crippen LogP contribution in [0.5, 0.6) is 0 Å². The molecule has 0 aliphatic heterocycles. The summed E-state index contributed by atoms with van der Waals surface area (Å²) >= 11 is 0. The number of ether oxygens (including phenoxy) is 2. The standard InChI is InChI=1S/C10H21N3O6/c11-9(16)18-6-3-13(2-5-15)7-8(1-4-14)19-10(12)17/h8,14-15H,1-7H2,(H2,11,16)(H2,12,17). The molecule has 0 fully saturated rings. The van der Waals surface area contributed by atoms with Crippen molar-refractivity contribution in [3.8, 4) is 0 Å². The number of nitrogens with zero attached hydrogens (tertiary/aromatic N) is 1. The second kappa shape index (κ2) is 10.4. The van der Waals surface area contributed by atoms with E-state index in [0.29, 0.717) is 13.1 Å². The highest BCUT2D eigenvalue weighted by molar-refractivity contribution is 5.65. The fraction of sp³-hybridized carbons (Fsp3) is 0.800. The van der Waals surface area contributed by atoms with Gasteiger partial charge in [-0.15, -0.1) is 0 Å². The Balaban J connectivity index is 4.24. The summed E-state index contributed by atoms with van der Waals surface area (Å²) in [5, 5.41) is 17.8. The first kappa shape index (κ1) is 17.4. The van der Waals surface area contributed by atoms with Gasteiger partial charge in [0.25, 0.3) is 0 Å². The maximum absolute atomic E-state index is 10.7. The van der Waals surface area contributed by atoms with Gasteiger partial charge in [-0.05, 0) is 0 Å². The van der Waals surface area contributed by atoms with E-state index in [1.54, 1.807) is 4.90 Å². The molecule has 0 aromatic heterocycles. The zero-order valence-corrected chi connectivity index (χ0v) is 10.7. The average molecular weight is 279 g/mol. The second-order valence-corrected chi connectivity index (χ2v) is 3.76. The summed E-state index contributed by atoms with van der Waals surface area (Å²) in [5.74, 6) is 0. The number of rotatable bonds is 10. The van der Waals surface area contributed by atoms with Crippen molar-refractivity contribution in [3.05, 3.63) is 0 Å². The minimum absolute atomic E-state index is 0.0533. The molecular weight excluding hydrogens is 258 g/mol. The van der Waals surface area contributed by atoms with E-state index in [2.05, 4.69) is 4.74 Å². The maximum Gasteiger partial charge on any atom is 0.404 e. The Labute approximate surface area is 111 Å². The Kier molecular flexibility index (Phi) is 9.49. The van der Waals surface area contributed by atoms with Crippen molar-refractivity contribution in [2.24, 2.45) is 11.5 Å². The Morgan fingerprint density at radius 2 is 1.79 bits per heavy atom. The molecule has 0 aliphatic rings. The molecule has 0 aliphatic carbocycles. The summed E-state index contributed by atoms with van der Waals surface area (Å²) < 4.78 is 9.39. The highest BCUT2D eigenvalue weighted by atomic mass is 16.6. The third kappa shape index (κ3) is 10.1. The van der Waals surface area contributed by atoms with Crippen molar-refractivity contribution in [3.63, 3.8) is 0 Å². The number of hydrogen-bond donors (Lipinski definition) is 4. The second-order valence-electron chi connectivity index (χ2n) is 3.76. The van der Waals surface area contributed by atoms with Crippen LogP contribution in [0.1, 0.15) is 6.42 Å². The summed E-state index contributed by atoms with van der Waals surface area (Å²) in [7, 11) is 0. The molecule has 0 heterocycles. The van der Waals surface area contributed by atoms with Crippen LogP contribution in [0.25, 0.3) is 0 Å². The van der Waals surface area contributed by atoms with Crippen LogP contribution >= 0.6 is 0 Å². The average Bonchev–Trinajstić information content (AvgIpc) is 2.28. The molecule has 1 atom stereocenters. The zero-order valence-electron chi connectivity index (χ0n) is 10.7. The minimum Gasteiger partial charge on any atom is -0.448 e. The molecule has 0 rings (SSSR count). The van der Waals surface area contributed by atoms with Crippen molar-refractivity contribution >= 4 is 12.2 Å². The van der Waals surface area contributed by atoms with Crippen LogP contribution in [-0.4, -0.2) is 72.9 Å². The van der Waals surface area contributed by atoms with Gasteiger partial charge in [-0.25, -0.2) is 9.59 Å². The third-order valence-corrected chi connectivity index (χ3v) is 2.26. The van der Waals surface area contributed by atoms with Crippen LogP contribution < -0.4 is 11.5 Å². The van der Waals surface area contributed by atoms with E-state index in [1.807, 2.05) is 0 Å². The topological polar surface area (TPSA) is 148 Å². The van der Waals surface area contributed by atoms with Crippen molar-refractivity contribution in [1.82, 2.24) is 4.90 Å². The van der Waals surface area contributed by atoms with Crippen molar-refractivity contribution in [2.45, 2.75) is 12.5 Å². The summed E-state index contributed by atoms with van der Waals surface area (Å²) in [6.45, 7) is 0.644. The molecule has 19 heavy (non-hydrogen) atoms. The van der Waals surface area contributed by atoms with Crippen molar-refractivity contribution in [2.75, 3.05) is 39.5 Å². The van der Waals surface area contributed by atoms with Gasteiger partial charge in [-0.3, -0.25) is 4.90 Å². The lowest BCUT2D eigenvalue weighted by atomic mass is 10.2. The molecule has 0 radical (unpaired) electrons. The molecule has 0 aromatic rings. The predicted molar refractivity (Wildman–Crippen MR) is 65.2 cm³/mol. The first-order valence-corrected chi connectivity index (χ1v) is 5.82. The summed E-state index contributed by atoms with van der Waals surface area (Å²) in [4.78, 5) is 22.8. The van der Waals surface area contributed by atoms with Crippen LogP contribution in [0, 0.1) is 0 Å². The number of carbonyl (C=O) groups excluding carboxylic acids is 2. The normalized spacial score (nSPS) is 12.2. The molecule has 0 saturated carbocycles. The highest BCUT2D eigenvalue weighted by Gasteiger charge is 2.17. The van der Waals surface area contributed by atoms with Crippen molar-refractivity contribution in [1.29, 1.82) is 0 Å². The molecule has 2 amide bonds. The van der Waals surface area contributed by atoms with Gasteiger partial charge in [0, 0.05) is 32.7 Å². The summed E-state index contributed by atoms with van der Waals surface area (Å²) in [5.41, 5.74) is 9.74. The van der Waals surface area contributed by atoms with E-state index in [1.165, 1.54) is 0 Å². The van der Waals surface area contributed by atoms with E-state index >= 15 is 0 Å². The Morgan fingerprint density at radius 3 is 2.26 bits per heavy atom. The Hall–Kier alpha value is -1.58. The molecule has 6 N–H and O–H groups in total. The molecule has 1 unspecified atom stereocenters. The number of primary amides is 2. The van der Waals surface area contributed by atoms with Crippen LogP contribution in [0.4, 0.5) is 9.59 Å². The molecule has 0 spiro atoms. The number of aliphatic hydroxyl groups excluding tert-OH is 2. The Bertz CT molecular complexity index is 276. The van der Waals surface area contributed by atoms with Crippen molar-refractivity contribution < 1.29 is 29.3 Å². The van der Waals surface area contributed by atoms with Gasteiger partial charge < -0.3 is 31.2 Å². The first-order chi connectivity index (χ1) is 8.99. The van der Waals surface area contributed by atoms with E-state index < -0.39 is 18.3 Å². The van der Waals surface area contributed by atoms with Crippen LogP contribution in [0.2, 0.25) is 0 Å². The van der Waals surface area contributed by atoms with Gasteiger partial charge in [-0.1, -0.05) is 0 Å². The predicted octanol–water partition coefficient (Wildman–Crippen LogP) is -1.78. The number of carbonyl (C=O) groups is 2. The van der Waals surface area contributed by atoms with Gasteiger partial charge in [0.2, 0.25) is 0 Å². The zero-order chi connectivity index (χ0) is 14.7. The lowest BCUT2D eigenvalue weighted by Crippen LogP contribution is -2.40. The van der Waals surface area contributed by atoms with Gasteiger partial charge in [-0.2, -0.15) is 0 Å². The van der Waals surface area contributed by atoms with E-state index in [-0.39, 0.29) is 32.8 Å². The lowest BCUT2D eigenvalue weighted by molar-refractivity contribution is 0.0487. The monoisotopic (exact) mass is 279 g/mol. The molecule has 9 nitrogen and oxygen atoms in total. The molecule has 112 valence electrons. The number of nitrogens with two attached hydrogens (primary N) is 2. The molecule has 9 heteroatoms. The van der Waals surface area contributed by atoms with E-state index in [4.69, 9.17) is 26.4 Å². The summed E-state index contributed by atoms with van der Waals surface area (Å²) in [6.07, 6.45) is -2.19. The molecule has 0 saturated heterocycles. The molecular formula is C10H21N3O6. The van der Waals surface area contributed by atoms with Gasteiger partial charge >= 0.3 is 12.2 Å². The van der Waals surface area contributed by atoms with Gasteiger partial charge in [0.1, 0.15) is 12.7 Å². The molecule has 0 aromatic carbocycles. The van der Waals surface area contributed by atoms with E-state index in [0.717, 1.165) is 0 Å². The van der Waals surface area contributed by atoms with Crippen LogP contribution in [-0.2, 0) is 9.47 Å². The van der Waals surface area contributed by atoms with Crippen LogP contribution in [0.15, 0.2) is 0 Å².